The maximum atomic E-state index is 13.3. The Labute approximate surface area is 241 Å². The van der Waals surface area contributed by atoms with E-state index in [0.717, 1.165) is 11.3 Å². The summed E-state index contributed by atoms with van der Waals surface area (Å²) in [5, 5.41) is 22.8. The molecule has 0 aliphatic carbocycles. The van der Waals surface area contributed by atoms with Crippen molar-refractivity contribution in [2.45, 2.75) is 45.1 Å². The molecular weight excluding hydrogens is 552 g/mol. The van der Waals surface area contributed by atoms with E-state index in [-0.39, 0.29) is 35.5 Å². The van der Waals surface area contributed by atoms with Gasteiger partial charge in [-0.1, -0.05) is 31.4 Å². The van der Waals surface area contributed by atoms with Crippen molar-refractivity contribution < 1.29 is 23.9 Å². The van der Waals surface area contributed by atoms with Crippen molar-refractivity contribution in [1.82, 2.24) is 30.8 Å². The number of methoxy groups -OCH3 is 1. The average molecular weight is 583 g/mol. The first-order valence-electron chi connectivity index (χ1n) is 13.2. The summed E-state index contributed by atoms with van der Waals surface area (Å²) in [4.78, 5) is 51.0. The molecule has 3 aromatic rings. The van der Waals surface area contributed by atoms with E-state index in [0.29, 0.717) is 42.8 Å². The molecule has 0 radical (unpaired) electrons. The van der Waals surface area contributed by atoms with Crippen LogP contribution in [0.15, 0.2) is 42.7 Å². The summed E-state index contributed by atoms with van der Waals surface area (Å²) in [5.74, 6) is -1.42. The van der Waals surface area contributed by atoms with Gasteiger partial charge in [-0.15, -0.1) is 5.10 Å². The Balaban J connectivity index is 1.49. The Morgan fingerprint density at radius 3 is 2.71 bits per heavy atom. The van der Waals surface area contributed by atoms with Crippen LogP contribution in [0.25, 0.3) is 5.69 Å². The molecule has 0 saturated carbocycles. The number of anilines is 2. The fourth-order valence-corrected chi connectivity index (χ4v) is 4.67. The molecule has 0 spiro atoms. The van der Waals surface area contributed by atoms with Crippen LogP contribution in [0.3, 0.4) is 0 Å². The molecule has 2 aromatic carbocycles. The van der Waals surface area contributed by atoms with E-state index >= 15 is 0 Å². The summed E-state index contributed by atoms with van der Waals surface area (Å²) in [6.45, 7) is 2.09. The molecule has 1 aliphatic heterocycles. The van der Waals surface area contributed by atoms with Crippen LogP contribution in [0, 0.1) is 5.92 Å². The largest absolute Gasteiger partial charge is 0.453 e. The number of nitrogens with zero attached hydrogens (tertiary/aromatic N) is 4. The van der Waals surface area contributed by atoms with Gasteiger partial charge < -0.3 is 20.7 Å². The number of amides is 4. The quantitative estimate of drug-likeness (QED) is 0.343. The zero-order chi connectivity index (χ0) is 29.4. The van der Waals surface area contributed by atoms with Crippen molar-refractivity contribution in [1.29, 1.82) is 0 Å². The van der Waals surface area contributed by atoms with Crippen molar-refractivity contribution in [3.8, 4) is 5.69 Å². The third-order valence-corrected chi connectivity index (χ3v) is 6.97. The van der Waals surface area contributed by atoms with Crippen LogP contribution in [0.4, 0.5) is 16.2 Å². The number of tetrazole rings is 1. The van der Waals surface area contributed by atoms with Crippen molar-refractivity contribution in [3.05, 3.63) is 58.9 Å². The zero-order valence-corrected chi connectivity index (χ0v) is 23.4. The van der Waals surface area contributed by atoms with Gasteiger partial charge in [0.05, 0.1) is 24.0 Å². The minimum atomic E-state index is -0.799. The topological polar surface area (TPSA) is 169 Å². The number of fused-ring (bicyclic) bond motifs is 1. The summed E-state index contributed by atoms with van der Waals surface area (Å²) in [5.41, 5.74) is 2.28. The number of hydrogen-bond acceptors (Lipinski definition) is 8. The van der Waals surface area contributed by atoms with Gasteiger partial charge in [0.1, 0.15) is 12.4 Å². The van der Waals surface area contributed by atoms with Gasteiger partial charge >= 0.3 is 6.09 Å². The fraction of sp³-hybridized carbons (Fsp3) is 0.370. The van der Waals surface area contributed by atoms with E-state index in [1.807, 2.05) is 0 Å². The number of hydrogen-bond donors (Lipinski definition) is 4. The molecule has 4 rings (SSSR count). The summed E-state index contributed by atoms with van der Waals surface area (Å²) < 4.78 is 6.14. The Kier molecular flexibility index (Phi) is 9.85. The first-order chi connectivity index (χ1) is 19.7. The summed E-state index contributed by atoms with van der Waals surface area (Å²) in [6, 6.07) is 8.98. The number of halogens is 1. The zero-order valence-electron chi connectivity index (χ0n) is 22.6. The van der Waals surface area contributed by atoms with Crippen molar-refractivity contribution in [2.24, 2.45) is 5.92 Å². The second kappa shape index (κ2) is 13.7. The van der Waals surface area contributed by atoms with Crippen LogP contribution in [0.1, 0.15) is 48.5 Å². The maximum Gasteiger partial charge on any atom is 0.411 e. The van der Waals surface area contributed by atoms with Crippen LogP contribution in [-0.4, -0.2) is 63.7 Å². The highest BCUT2D eigenvalue weighted by molar-refractivity contribution is 6.30. The Morgan fingerprint density at radius 1 is 1.15 bits per heavy atom. The van der Waals surface area contributed by atoms with Gasteiger partial charge in [-0.2, -0.15) is 0 Å². The second-order valence-corrected chi connectivity index (χ2v) is 10.1. The molecule has 1 aliphatic rings. The minimum absolute atomic E-state index is 0.157. The van der Waals surface area contributed by atoms with Crippen LogP contribution >= 0.6 is 11.6 Å². The molecule has 1 aromatic heterocycles. The number of nitrogens with one attached hydrogen (secondary N) is 4. The predicted molar refractivity (Wildman–Crippen MR) is 151 cm³/mol. The molecule has 2 atom stereocenters. The monoisotopic (exact) mass is 582 g/mol. The minimum Gasteiger partial charge on any atom is -0.453 e. The van der Waals surface area contributed by atoms with Gasteiger partial charge in [0.15, 0.2) is 0 Å². The normalized spacial score (nSPS) is 17.6. The Morgan fingerprint density at radius 2 is 1.95 bits per heavy atom. The lowest BCUT2D eigenvalue weighted by Gasteiger charge is -2.22. The van der Waals surface area contributed by atoms with Crippen molar-refractivity contribution in [2.75, 3.05) is 24.3 Å². The van der Waals surface area contributed by atoms with Crippen LogP contribution in [0.2, 0.25) is 5.02 Å². The molecule has 0 bridgehead atoms. The van der Waals surface area contributed by atoms with E-state index in [2.05, 4.69) is 41.5 Å². The smallest absolute Gasteiger partial charge is 0.411 e. The Hall–Kier alpha value is -4.52. The lowest BCUT2D eigenvalue weighted by Crippen LogP contribution is -2.47. The molecule has 4 amide bonds. The van der Waals surface area contributed by atoms with E-state index < -0.39 is 18.0 Å². The number of carbonyl (C=O) groups is 4. The third-order valence-electron chi connectivity index (χ3n) is 6.73. The lowest BCUT2D eigenvalue weighted by atomic mass is 9.98. The van der Waals surface area contributed by atoms with Crippen LogP contribution < -0.4 is 21.3 Å². The number of benzene rings is 2. The molecule has 41 heavy (non-hydrogen) atoms. The van der Waals surface area contributed by atoms with Gasteiger partial charge in [-0.05, 0) is 71.7 Å². The molecule has 0 unspecified atom stereocenters. The number of rotatable bonds is 6. The van der Waals surface area contributed by atoms with E-state index in [1.165, 1.54) is 36.3 Å². The maximum absolute atomic E-state index is 13.3. The molecular formula is C27H31ClN8O5. The molecule has 216 valence electrons. The van der Waals surface area contributed by atoms with Crippen LogP contribution in [-0.2, 0) is 20.7 Å². The summed E-state index contributed by atoms with van der Waals surface area (Å²) in [6.07, 6.45) is 3.58. The van der Waals surface area contributed by atoms with Gasteiger partial charge in [-0.3, -0.25) is 19.7 Å². The summed E-state index contributed by atoms with van der Waals surface area (Å²) in [7, 11) is 1.23. The SMILES string of the molecule is COC(=O)Nc1ccc2c(c1)NC(=O)[C@H](C)CCCC[C@@H](C(=O)NCCc1cc(Cl)ccc1-n1cnnn1)NC2=O. The third kappa shape index (κ3) is 7.78. The number of ether oxygens (including phenoxy) is 1. The van der Waals surface area contributed by atoms with E-state index in [9.17, 15) is 19.2 Å². The Bertz CT molecular complexity index is 1410. The highest BCUT2D eigenvalue weighted by Crippen LogP contribution is 2.24. The molecule has 13 nitrogen and oxygen atoms in total. The summed E-state index contributed by atoms with van der Waals surface area (Å²) >= 11 is 6.20. The first-order valence-corrected chi connectivity index (χ1v) is 13.5. The van der Waals surface area contributed by atoms with Crippen molar-refractivity contribution >= 4 is 46.8 Å². The van der Waals surface area contributed by atoms with Gasteiger partial charge in [-0.25, -0.2) is 9.48 Å². The van der Waals surface area contributed by atoms with Gasteiger partial charge in [0.25, 0.3) is 5.91 Å². The van der Waals surface area contributed by atoms with E-state index in [4.69, 9.17) is 11.6 Å². The number of carbonyl (C=O) groups excluding carboxylic acids is 4. The highest BCUT2D eigenvalue weighted by atomic mass is 35.5. The molecule has 4 N–H and O–H groups in total. The number of aromatic nitrogens is 4. The molecule has 2 heterocycles. The van der Waals surface area contributed by atoms with Gasteiger partial charge in [0, 0.05) is 23.2 Å². The molecule has 0 saturated heterocycles. The lowest BCUT2D eigenvalue weighted by molar-refractivity contribution is -0.123. The van der Waals surface area contributed by atoms with Crippen LogP contribution in [0.5, 0.6) is 0 Å². The molecule has 14 heteroatoms. The van der Waals surface area contributed by atoms with Crippen molar-refractivity contribution in [3.63, 3.8) is 0 Å². The fourth-order valence-electron chi connectivity index (χ4n) is 4.48. The highest BCUT2D eigenvalue weighted by Gasteiger charge is 2.25. The van der Waals surface area contributed by atoms with E-state index in [1.54, 1.807) is 25.1 Å². The van der Waals surface area contributed by atoms with Gasteiger partial charge in [0.2, 0.25) is 11.8 Å². The first kappa shape index (κ1) is 29.5. The average Bonchev–Trinajstić information content (AvgIpc) is 3.48. The second-order valence-electron chi connectivity index (χ2n) is 9.65. The molecule has 0 fully saturated rings. The standard InChI is InChI=1S/C27H31ClN8O5/c1-16-5-3-4-6-21(26(39)29-12-11-17-13-18(28)7-10-23(17)36-15-30-34-35-36)32-25(38)20-9-8-19(31-27(40)41-2)14-22(20)33-24(16)37/h7-10,13-16,21H,3-6,11-12H2,1-2H3,(H,29,39)(H,31,40)(H,32,38)(H,33,37)/t16-,21+/m1/s1. The predicted octanol–water partition coefficient (Wildman–Crippen LogP) is 3.10.